The lowest BCUT2D eigenvalue weighted by Crippen LogP contribution is -2.20. The maximum Gasteiger partial charge on any atom is 0.348 e. The normalized spacial score (nSPS) is 27.2. The molecule has 4 nitrogen and oxygen atoms in total. The van der Waals surface area contributed by atoms with Crippen molar-refractivity contribution in [1.29, 1.82) is 0 Å². The van der Waals surface area contributed by atoms with Crippen LogP contribution in [0.15, 0.2) is 5.16 Å². The SMILES string of the molecule is O=C(O)C1CC(CC2CCCCC2)=NO1. The summed E-state index contributed by atoms with van der Waals surface area (Å²) in [5, 5.41) is 12.6. The van der Waals surface area contributed by atoms with Crippen LogP contribution in [-0.2, 0) is 9.63 Å². The Hall–Kier alpha value is -1.06. The van der Waals surface area contributed by atoms with Gasteiger partial charge in [0.05, 0.1) is 5.71 Å². The van der Waals surface area contributed by atoms with Gasteiger partial charge in [0.15, 0.2) is 0 Å². The predicted octanol–water partition coefficient (Wildman–Crippen LogP) is 2.19. The van der Waals surface area contributed by atoms with E-state index < -0.39 is 12.1 Å². The summed E-state index contributed by atoms with van der Waals surface area (Å²) in [4.78, 5) is 15.5. The van der Waals surface area contributed by atoms with Crippen LogP contribution in [0.3, 0.4) is 0 Å². The molecule has 0 bridgehead atoms. The minimum Gasteiger partial charge on any atom is -0.478 e. The molecule has 0 aromatic carbocycles. The molecular weight excluding hydrogens is 194 g/mol. The van der Waals surface area contributed by atoms with E-state index >= 15 is 0 Å². The number of nitrogens with zero attached hydrogens (tertiary/aromatic N) is 1. The van der Waals surface area contributed by atoms with Crippen molar-refractivity contribution in [1.82, 2.24) is 0 Å². The second-order valence-electron chi connectivity index (χ2n) is 4.50. The van der Waals surface area contributed by atoms with Gasteiger partial charge < -0.3 is 9.94 Å². The molecule has 1 aliphatic carbocycles. The van der Waals surface area contributed by atoms with Gasteiger partial charge in [0.1, 0.15) is 0 Å². The van der Waals surface area contributed by atoms with Crippen molar-refractivity contribution in [2.75, 3.05) is 0 Å². The van der Waals surface area contributed by atoms with Crippen molar-refractivity contribution < 1.29 is 14.7 Å². The monoisotopic (exact) mass is 211 g/mol. The van der Waals surface area contributed by atoms with Crippen molar-refractivity contribution >= 4 is 11.7 Å². The molecule has 1 fully saturated rings. The lowest BCUT2D eigenvalue weighted by Gasteiger charge is -2.20. The molecule has 0 spiro atoms. The third-order valence-corrected chi connectivity index (χ3v) is 3.25. The molecule has 1 heterocycles. The fourth-order valence-electron chi connectivity index (χ4n) is 2.40. The first-order chi connectivity index (χ1) is 7.25. The van der Waals surface area contributed by atoms with Gasteiger partial charge in [-0.25, -0.2) is 4.79 Å². The first-order valence-corrected chi connectivity index (χ1v) is 5.70. The van der Waals surface area contributed by atoms with Crippen LogP contribution in [0.1, 0.15) is 44.9 Å². The van der Waals surface area contributed by atoms with E-state index in [0.717, 1.165) is 12.1 Å². The summed E-state index contributed by atoms with van der Waals surface area (Å²) >= 11 is 0. The first-order valence-electron chi connectivity index (χ1n) is 5.70. The second kappa shape index (κ2) is 4.64. The van der Waals surface area contributed by atoms with E-state index in [2.05, 4.69) is 5.16 Å². The highest BCUT2D eigenvalue weighted by molar-refractivity contribution is 5.90. The molecule has 2 aliphatic rings. The van der Waals surface area contributed by atoms with Gasteiger partial charge in [0.2, 0.25) is 6.10 Å². The summed E-state index contributed by atoms with van der Waals surface area (Å²) in [7, 11) is 0. The number of carbonyl (C=O) groups is 1. The Balaban J connectivity index is 1.78. The average molecular weight is 211 g/mol. The van der Waals surface area contributed by atoms with Crippen LogP contribution in [0, 0.1) is 5.92 Å². The lowest BCUT2D eigenvalue weighted by atomic mass is 9.85. The Kier molecular flexibility index (Phi) is 3.23. The zero-order valence-electron chi connectivity index (χ0n) is 8.82. The number of carboxylic acids is 1. The summed E-state index contributed by atoms with van der Waals surface area (Å²) in [5.74, 6) is -0.203. The van der Waals surface area contributed by atoms with Crippen molar-refractivity contribution in [2.45, 2.75) is 51.0 Å². The Morgan fingerprint density at radius 1 is 1.40 bits per heavy atom. The average Bonchev–Trinajstić information content (AvgIpc) is 2.68. The fraction of sp³-hybridized carbons (Fsp3) is 0.818. The van der Waals surface area contributed by atoms with Gasteiger partial charge in [0.25, 0.3) is 0 Å². The first kappa shape index (κ1) is 10.5. The zero-order valence-corrected chi connectivity index (χ0v) is 8.82. The Bertz CT molecular complexity index is 269. The molecule has 4 heteroatoms. The quantitative estimate of drug-likeness (QED) is 0.778. The number of aliphatic carboxylic acids is 1. The molecule has 0 amide bonds. The molecule has 0 aromatic heterocycles. The Morgan fingerprint density at radius 3 is 2.73 bits per heavy atom. The molecule has 0 radical (unpaired) electrons. The number of hydrogen-bond donors (Lipinski definition) is 1. The number of oxime groups is 1. The number of hydrogen-bond acceptors (Lipinski definition) is 3. The summed E-state index contributed by atoms with van der Waals surface area (Å²) in [6, 6.07) is 0. The van der Waals surface area contributed by atoms with Crippen LogP contribution in [0.4, 0.5) is 0 Å². The van der Waals surface area contributed by atoms with Crippen molar-refractivity contribution in [2.24, 2.45) is 11.1 Å². The van der Waals surface area contributed by atoms with Gasteiger partial charge in [0, 0.05) is 6.42 Å². The third kappa shape index (κ3) is 2.70. The lowest BCUT2D eigenvalue weighted by molar-refractivity contribution is -0.148. The van der Waals surface area contributed by atoms with E-state index in [1.807, 2.05) is 0 Å². The van der Waals surface area contributed by atoms with Gasteiger partial charge in [-0.15, -0.1) is 0 Å². The Morgan fingerprint density at radius 2 is 2.13 bits per heavy atom. The summed E-state index contributed by atoms with van der Waals surface area (Å²) in [6.45, 7) is 0. The van der Waals surface area contributed by atoms with Gasteiger partial charge in [-0.2, -0.15) is 0 Å². The zero-order chi connectivity index (χ0) is 10.7. The van der Waals surface area contributed by atoms with Crippen LogP contribution in [0.5, 0.6) is 0 Å². The van der Waals surface area contributed by atoms with E-state index in [-0.39, 0.29) is 0 Å². The van der Waals surface area contributed by atoms with Crippen molar-refractivity contribution in [3.05, 3.63) is 0 Å². The highest BCUT2D eigenvalue weighted by Gasteiger charge is 2.29. The Labute approximate surface area is 89.3 Å². The molecule has 15 heavy (non-hydrogen) atoms. The summed E-state index contributed by atoms with van der Waals surface area (Å²) < 4.78 is 0. The molecule has 1 aliphatic heterocycles. The van der Waals surface area contributed by atoms with Crippen LogP contribution in [0.2, 0.25) is 0 Å². The van der Waals surface area contributed by atoms with Crippen molar-refractivity contribution in [3.8, 4) is 0 Å². The van der Waals surface area contributed by atoms with Crippen molar-refractivity contribution in [3.63, 3.8) is 0 Å². The molecule has 2 rings (SSSR count). The van der Waals surface area contributed by atoms with Crippen LogP contribution in [0.25, 0.3) is 0 Å². The third-order valence-electron chi connectivity index (χ3n) is 3.25. The summed E-state index contributed by atoms with van der Waals surface area (Å²) in [6.07, 6.45) is 7.16. The topological polar surface area (TPSA) is 58.9 Å². The van der Waals surface area contributed by atoms with E-state index in [1.165, 1.54) is 32.1 Å². The smallest absolute Gasteiger partial charge is 0.348 e. The largest absolute Gasteiger partial charge is 0.478 e. The summed E-state index contributed by atoms with van der Waals surface area (Å²) in [5.41, 5.74) is 0.939. The van der Waals surface area contributed by atoms with Crippen LogP contribution < -0.4 is 0 Å². The van der Waals surface area contributed by atoms with E-state index in [1.54, 1.807) is 0 Å². The van der Waals surface area contributed by atoms with E-state index in [4.69, 9.17) is 9.94 Å². The molecule has 1 atom stereocenters. The molecule has 84 valence electrons. The number of rotatable bonds is 3. The standard InChI is InChI=1S/C11H17NO3/c13-11(14)10-7-9(12-15-10)6-8-4-2-1-3-5-8/h8,10H,1-7H2,(H,13,14). The van der Waals surface area contributed by atoms with E-state index in [0.29, 0.717) is 12.3 Å². The molecular formula is C11H17NO3. The molecule has 0 aromatic rings. The number of carboxylic acid groups (broad SMARTS) is 1. The maximum absolute atomic E-state index is 10.6. The van der Waals surface area contributed by atoms with Gasteiger partial charge in [-0.1, -0.05) is 37.3 Å². The highest BCUT2D eigenvalue weighted by atomic mass is 16.7. The molecule has 1 N–H and O–H groups in total. The van der Waals surface area contributed by atoms with E-state index in [9.17, 15) is 4.79 Å². The van der Waals surface area contributed by atoms with Crippen LogP contribution >= 0.6 is 0 Å². The second-order valence-corrected chi connectivity index (χ2v) is 4.50. The maximum atomic E-state index is 10.6. The molecule has 1 saturated carbocycles. The fourth-order valence-corrected chi connectivity index (χ4v) is 2.40. The molecule has 1 unspecified atom stereocenters. The van der Waals surface area contributed by atoms with Gasteiger partial charge in [-0.05, 0) is 12.3 Å². The minimum absolute atomic E-state index is 0.478. The highest BCUT2D eigenvalue weighted by Crippen LogP contribution is 2.28. The van der Waals surface area contributed by atoms with Gasteiger partial charge in [-0.3, -0.25) is 0 Å². The minimum atomic E-state index is -0.905. The molecule has 0 saturated heterocycles. The van der Waals surface area contributed by atoms with Gasteiger partial charge >= 0.3 is 5.97 Å². The predicted molar refractivity (Wildman–Crippen MR) is 55.8 cm³/mol. The van der Waals surface area contributed by atoms with Crippen LogP contribution in [-0.4, -0.2) is 22.9 Å².